The van der Waals surface area contributed by atoms with Crippen molar-refractivity contribution in [2.75, 3.05) is 7.11 Å². The number of hydrogen-bond acceptors (Lipinski definition) is 9. The van der Waals surface area contributed by atoms with Crippen LogP contribution in [-0.4, -0.2) is 51.0 Å². The van der Waals surface area contributed by atoms with Gasteiger partial charge in [-0.2, -0.15) is 13.8 Å². The van der Waals surface area contributed by atoms with E-state index >= 15 is 0 Å². The first-order chi connectivity index (χ1) is 16.7. The standard InChI is InChI=1S/C23H24F2N2O8/c1-3-17-20(30)23(24,25)21(35-17)27-5-4-14(26-22(27)31)9-18(29)33-11-16-7-12-6-15(32-2)8-13(10-28)19(12)34-16/h4-8,17,20-21,28,30H,3,9-11H2,1-2H3/t17-,20-,21-/m1/s1. The summed E-state index contributed by atoms with van der Waals surface area (Å²) >= 11 is 0. The number of aromatic nitrogens is 2. The lowest BCUT2D eigenvalue weighted by molar-refractivity contribution is -0.144. The van der Waals surface area contributed by atoms with Crippen LogP contribution in [-0.2, 0) is 33.9 Å². The number of rotatable bonds is 8. The average Bonchev–Trinajstić information content (AvgIpc) is 3.35. The molecule has 1 aliphatic rings. The largest absolute Gasteiger partial charge is 0.497 e. The number of aliphatic hydroxyl groups excluding tert-OH is 2. The zero-order valence-electron chi connectivity index (χ0n) is 18.9. The Hall–Kier alpha value is -3.35. The van der Waals surface area contributed by atoms with Crippen molar-refractivity contribution < 1.29 is 42.4 Å². The Morgan fingerprint density at radius 3 is 2.71 bits per heavy atom. The summed E-state index contributed by atoms with van der Waals surface area (Å²) in [4.78, 5) is 28.3. The minimum atomic E-state index is -3.68. The van der Waals surface area contributed by atoms with E-state index in [0.29, 0.717) is 32.6 Å². The first-order valence-corrected chi connectivity index (χ1v) is 10.8. The van der Waals surface area contributed by atoms with Crippen LogP contribution in [0.3, 0.4) is 0 Å². The third-order valence-corrected chi connectivity index (χ3v) is 5.75. The molecular weight excluding hydrogens is 470 g/mol. The Kier molecular flexibility index (Phi) is 6.88. The van der Waals surface area contributed by atoms with E-state index in [1.807, 2.05) is 0 Å². The highest BCUT2D eigenvalue weighted by atomic mass is 19.3. The van der Waals surface area contributed by atoms with Crippen LogP contribution in [0.5, 0.6) is 5.75 Å². The minimum Gasteiger partial charge on any atom is -0.497 e. The maximum absolute atomic E-state index is 14.4. The molecule has 3 aromatic rings. The van der Waals surface area contributed by atoms with Gasteiger partial charge in [-0.3, -0.25) is 9.36 Å². The van der Waals surface area contributed by atoms with Gasteiger partial charge in [0.15, 0.2) is 0 Å². The van der Waals surface area contributed by atoms with Crippen molar-refractivity contribution >= 4 is 16.9 Å². The molecule has 0 spiro atoms. The highest BCUT2D eigenvalue weighted by Gasteiger charge is 2.59. The summed E-state index contributed by atoms with van der Waals surface area (Å²) in [7, 11) is 1.50. The van der Waals surface area contributed by atoms with Crippen LogP contribution < -0.4 is 10.4 Å². The van der Waals surface area contributed by atoms with Crippen molar-refractivity contribution in [3.63, 3.8) is 0 Å². The van der Waals surface area contributed by atoms with Gasteiger partial charge < -0.3 is 28.8 Å². The zero-order valence-corrected chi connectivity index (χ0v) is 18.9. The van der Waals surface area contributed by atoms with Crippen LogP contribution >= 0.6 is 0 Å². The number of nitrogens with zero attached hydrogens (tertiary/aromatic N) is 2. The van der Waals surface area contributed by atoms with Gasteiger partial charge in [-0.15, -0.1) is 0 Å². The third kappa shape index (κ3) is 4.77. The number of aliphatic hydroxyl groups is 2. The van der Waals surface area contributed by atoms with E-state index in [2.05, 4.69) is 4.98 Å². The lowest BCUT2D eigenvalue weighted by atomic mass is 10.1. The maximum Gasteiger partial charge on any atom is 0.350 e. The smallest absolute Gasteiger partial charge is 0.350 e. The molecule has 1 aliphatic heterocycles. The van der Waals surface area contributed by atoms with E-state index in [1.54, 1.807) is 25.1 Å². The normalized spacial score (nSPS) is 21.4. The van der Waals surface area contributed by atoms with Gasteiger partial charge in [0.05, 0.1) is 31.9 Å². The van der Waals surface area contributed by atoms with Gasteiger partial charge in [-0.25, -0.2) is 4.79 Å². The van der Waals surface area contributed by atoms with Gasteiger partial charge >= 0.3 is 17.6 Å². The van der Waals surface area contributed by atoms with E-state index in [0.717, 1.165) is 6.20 Å². The fourth-order valence-electron chi connectivity index (χ4n) is 3.93. The molecular formula is C23H24F2N2O8. The molecule has 0 aliphatic carbocycles. The van der Waals surface area contributed by atoms with E-state index in [4.69, 9.17) is 18.6 Å². The number of fused-ring (bicyclic) bond motifs is 1. The number of benzene rings is 1. The number of esters is 1. The third-order valence-electron chi connectivity index (χ3n) is 5.75. The van der Waals surface area contributed by atoms with Crippen molar-refractivity contribution in [3.05, 3.63) is 58.0 Å². The van der Waals surface area contributed by atoms with Gasteiger partial charge in [-0.1, -0.05) is 6.92 Å². The number of hydrogen-bond donors (Lipinski definition) is 2. The molecule has 0 radical (unpaired) electrons. The second-order valence-electron chi connectivity index (χ2n) is 8.08. The molecule has 0 unspecified atom stereocenters. The molecule has 1 aromatic carbocycles. The van der Waals surface area contributed by atoms with Crippen molar-refractivity contribution in [2.24, 2.45) is 0 Å². The highest BCUT2D eigenvalue weighted by Crippen LogP contribution is 2.43. The Bertz CT molecular complexity index is 1290. The first-order valence-electron chi connectivity index (χ1n) is 10.8. The summed E-state index contributed by atoms with van der Waals surface area (Å²) in [5.41, 5.74) is -0.0870. The van der Waals surface area contributed by atoms with Crippen molar-refractivity contribution in [2.45, 2.75) is 57.3 Å². The minimum absolute atomic E-state index is 0.0158. The predicted octanol–water partition coefficient (Wildman–Crippen LogP) is 2.08. The Balaban J connectivity index is 1.42. The van der Waals surface area contributed by atoms with Gasteiger partial charge in [0.1, 0.15) is 29.8 Å². The fraction of sp³-hybridized carbons (Fsp3) is 0.435. The molecule has 2 aromatic heterocycles. The number of halogens is 2. The summed E-state index contributed by atoms with van der Waals surface area (Å²) < 4.78 is 50.5. The lowest BCUT2D eigenvalue weighted by Gasteiger charge is -2.21. The molecule has 3 atom stereocenters. The van der Waals surface area contributed by atoms with Crippen LogP contribution in [0, 0.1) is 0 Å². The topological polar surface area (TPSA) is 133 Å². The van der Waals surface area contributed by atoms with E-state index < -0.39 is 36.0 Å². The Labute approximate surface area is 197 Å². The summed E-state index contributed by atoms with van der Waals surface area (Å²) in [6.07, 6.45) is -4.37. The SMILES string of the molecule is CC[C@H]1O[C@@H](n2ccc(CC(=O)OCc3cc4cc(OC)cc(CO)c4o3)nc2=O)C(F)(F)[C@@H]1O. The van der Waals surface area contributed by atoms with E-state index in [-0.39, 0.29) is 31.7 Å². The van der Waals surface area contributed by atoms with Gasteiger partial charge in [0.25, 0.3) is 0 Å². The van der Waals surface area contributed by atoms with Gasteiger partial charge in [-0.05, 0) is 30.7 Å². The van der Waals surface area contributed by atoms with Crippen molar-refractivity contribution in [1.82, 2.24) is 9.55 Å². The Morgan fingerprint density at radius 1 is 1.31 bits per heavy atom. The fourth-order valence-corrected chi connectivity index (χ4v) is 3.93. The average molecular weight is 494 g/mol. The Morgan fingerprint density at radius 2 is 2.09 bits per heavy atom. The van der Waals surface area contributed by atoms with E-state index in [9.17, 15) is 28.6 Å². The number of methoxy groups -OCH3 is 1. The number of carbonyl (C=O) groups excluding carboxylic acids is 1. The van der Waals surface area contributed by atoms with Gasteiger partial charge in [0.2, 0.25) is 6.23 Å². The maximum atomic E-state index is 14.4. The number of carbonyl (C=O) groups is 1. The summed E-state index contributed by atoms with van der Waals surface area (Å²) in [6, 6.07) is 6.21. The van der Waals surface area contributed by atoms with Crippen molar-refractivity contribution in [1.29, 1.82) is 0 Å². The number of alkyl halides is 2. The van der Waals surface area contributed by atoms with Gasteiger partial charge in [0, 0.05) is 17.1 Å². The molecule has 35 heavy (non-hydrogen) atoms. The molecule has 0 bridgehead atoms. The summed E-state index contributed by atoms with van der Waals surface area (Å²) in [5.74, 6) is -3.55. The van der Waals surface area contributed by atoms with E-state index in [1.165, 1.54) is 13.2 Å². The lowest BCUT2D eigenvalue weighted by Crippen LogP contribution is -2.41. The molecule has 0 amide bonds. The molecule has 1 fully saturated rings. The monoisotopic (exact) mass is 494 g/mol. The number of furan rings is 1. The van der Waals surface area contributed by atoms with Crippen LogP contribution in [0.1, 0.15) is 36.6 Å². The quantitative estimate of drug-likeness (QED) is 0.452. The molecule has 188 valence electrons. The van der Waals surface area contributed by atoms with Crippen LogP contribution in [0.2, 0.25) is 0 Å². The van der Waals surface area contributed by atoms with Crippen LogP contribution in [0.25, 0.3) is 11.0 Å². The highest BCUT2D eigenvalue weighted by molar-refractivity contribution is 5.83. The molecule has 1 saturated heterocycles. The van der Waals surface area contributed by atoms with Crippen LogP contribution in [0.4, 0.5) is 8.78 Å². The predicted molar refractivity (Wildman–Crippen MR) is 116 cm³/mol. The molecule has 3 heterocycles. The summed E-state index contributed by atoms with van der Waals surface area (Å²) in [5, 5.41) is 20.0. The second kappa shape index (κ2) is 9.72. The summed E-state index contributed by atoms with van der Waals surface area (Å²) in [6.45, 7) is 1.10. The zero-order chi connectivity index (χ0) is 25.3. The van der Waals surface area contributed by atoms with Crippen molar-refractivity contribution in [3.8, 4) is 5.75 Å². The molecule has 0 saturated carbocycles. The second-order valence-corrected chi connectivity index (χ2v) is 8.08. The molecule has 4 rings (SSSR count). The first kappa shape index (κ1) is 24.8. The molecule has 10 nitrogen and oxygen atoms in total. The van der Waals surface area contributed by atoms with Crippen LogP contribution in [0.15, 0.2) is 39.7 Å². The number of ether oxygens (including phenoxy) is 3. The molecule has 12 heteroatoms. The molecule has 2 N–H and O–H groups in total.